The lowest BCUT2D eigenvalue weighted by molar-refractivity contribution is -0.148. The Balaban J connectivity index is 1.71. The summed E-state index contributed by atoms with van der Waals surface area (Å²) >= 11 is 0. The Morgan fingerprint density at radius 2 is 2.03 bits per heavy atom. The molecule has 2 atom stereocenters. The smallest absolute Gasteiger partial charge is 0.406 e. The average Bonchev–Trinajstić information content (AvgIpc) is 3.61. The van der Waals surface area contributed by atoms with Crippen molar-refractivity contribution in [2.45, 2.75) is 38.0 Å². The van der Waals surface area contributed by atoms with Crippen molar-refractivity contribution in [2.24, 2.45) is 0 Å². The molecule has 30 heavy (non-hydrogen) atoms. The fourth-order valence-electron chi connectivity index (χ4n) is 3.52. The van der Waals surface area contributed by atoms with E-state index in [2.05, 4.69) is 15.4 Å². The molecule has 1 saturated heterocycles. The van der Waals surface area contributed by atoms with Crippen LogP contribution in [0.4, 0.5) is 4.79 Å². The molecule has 2 N–H and O–H groups in total. The Morgan fingerprint density at radius 1 is 1.27 bits per heavy atom. The van der Waals surface area contributed by atoms with Crippen LogP contribution in [0.15, 0.2) is 18.2 Å². The third-order valence-electron chi connectivity index (χ3n) is 5.26. The minimum Gasteiger partial charge on any atom is -0.497 e. The van der Waals surface area contributed by atoms with Gasteiger partial charge in [-0.15, -0.1) is 0 Å². The Labute approximate surface area is 177 Å². The highest BCUT2D eigenvalue weighted by Crippen LogP contribution is 2.37. The molecule has 1 aromatic carbocycles. The first-order valence-electron chi connectivity index (χ1n) is 10.3. The highest BCUT2D eigenvalue weighted by molar-refractivity contribution is 5.82. The molecule has 0 aromatic heterocycles. The molecule has 2 aliphatic rings. The molecule has 1 heterocycles. The van der Waals surface area contributed by atoms with E-state index in [0.717, 1.165) is 24.9 Å². The molecule has 0 radical (unpaired) electrons. The van der Waals surface area contributed by atoms with Crippen LogP contribution < -0.4 is 20.1 Å². The zero-order valence-corrected chi connectivity index (χ0v) is 17.8. The number of hydrogen-bond acceptors (Lipinski definition) is 7. The first-order chi connectivity index (χ1) is 14.5. The standard InChI is InChI=1S/C21H31N3O6/c1-14(24(16-4-5-16)20(25)19-13-22-6-8-30-19)15-10-17(27-2)12-18(11-15)29-9-7-23-21(26)28-3/h10-12,14,16,19,22H,4-9,13H2,1-3H3,(H,23,26)/t14-,19-/m1/s1. The number of nitrogens with zero attached hydrogens (tertiary/aromatic N) is 1. The van der Waals surface area contributed by atoms with Crippen LogP contribution in [-0.4, -0.2) is 76.1 Å². The van der Waals surface area contributed by atoms with E-state index in [4.69, 9.17) is 14.2 Å². The summed E-state index contributed by atoms with van der Waals surface area (Å²) in [6.45, 7) is 4.46. The topological polar surface area (TPSA) is 98.4 Å². The number of nitrogens with one attached hydrogen (secondary N) is 2. The highest BCUT2D eigenvalue weighted by Gasteiger charge is 2.40. The SMILES string of the molecule is COC(=O)NCCOc1cc(OC)cc([C@@H](C)N(C(=O)[C@H]2CNCCO2)C2CC2)c1. The van der Waals surface area contributed by atoms with Crippen LogP contribution >= 0.6 is 0 Å². The zero-order chi connectivity index (χ0) is 21.5. The molecule has 0 spiro atoms. The lowest BCUT2D eigenvalue weighted by Gasteiger charge is -2.34. The van der Waals surface area contributed by atoms with Crippen molar-refractivity contribution >= 4 is 12.0 Å². The van der Waals surface area contributed by atoms with E-state index in [9.17, 15) is 9.59 Å². The first kappa shape index (κ1) is 22.2. The normalized spacial score (nSPS) is 19.5. The van der Waals surface area contributed by atoms with Gasteiger partial charge < -0.3 is 34.5 Å². The van der Waals surface area contributed by atoms with Crippen molar-refractivity contribution in [3.8, 4) is 11.5 Å². The minimum absolute atomic E-state index is 0.0183. The number of carbonyl (C=O) groups excluding carboxylic acids is 2. The number of rotatable bonds is 9. The molecule has 0 unspecified atom stereocenters. The predicted octanol–water partition coefficient (Wildman–Crippen LogP) is 1.47. The summed E-state index contributed by atoms with van der Waals surface area (Å²) in [6.07, 6.45) is 1.05. The van der Waals surface area contributed by atoms with Crippen LogP contribution in [0, 0.1) is 0 Å². The van der Waals surface area contributed by atoms with Gasteiger partial charge in [-0.1, -0.05) is 0 Å². The lowest BCUT2D eigenvalue weighted by Crippen LogP contribution is -2.50. The molecule has 3 rings (SSSR count). The van der Waals surface area contributed by atoms with Gasteiger partial charge in [0.25, 0.3) is 5.91 Å². The quantitative estimate of drug-likeness (QED) is 0.583. The molecule has 2 amide bonds. The summed E-state index contributed by atoms with van der Waals surface area (Å²) in [7, 11) is 2.91. The van der Waals surface area contributed by atoms with Crippen molar-refractivity contribution in [3.63, 3.8) is 0 Å². The van der Waals surface area contributed by atoms with E-state index in [-0.39, 0.29) is 24.6 Å². The third kappa shape index (κ3) is 5.76. The van der Waals surface area contributed by atoms with Crippen molar-refractivity contribution < 1.29 is 28.5 Å². The van der Waals surface area contributed by atoms with E-state index in [1.807, 2.05) is 24.0 Å². The van der Waals surface area contributed by atoms with Gasteiger partial charge in [0.1, 0.15) is 24.2 Å². The number of morpholine rings is 1. The number of alkyl carbamates (subject to hydrolysis) is 1. The Kier molecular flexibility index (Phi) is 7.75. The second kappa shape index (κ2) is 10.5. The Bertz CT molecular complexity index is 733. The van der Waals surface area contributed by atoms with Gasteiger partial charge in [0.15, 0.2) is 0 Å². The van der Waals surface area contributed by atoms with Gasteiger partial charge in [0.2, 0.25) is 0 Å². The summed E-state index contributed by atoms with van der Waals surface area (Å²) < 4.78 is 21.4. The van der Waals surface area contributed by atoms with Crippen LogP contribution in [0.2, 0.25) is 0 Å². The second-order valence-electron chi connectivity index (χ2n) is 7.42. The van der Waals surface area contributed by atoms with Crippen LogP contribution in [-0.2, 0) is 14.3 Å². The fraction of sp³-hybridized carbons (Fsp3) is 0.619. The summed E-state index contributed by atoms with van der Waals surface area (Å²) in [5.74, 6) is 1.28. The molecule has 166 valence electrons. The predicted molar refractivity (Wildman–Crippen MR) is 110 cm³/mol. The maximum Gasteiger partial charge on any atom is 0.406 e. The molecule has 1 aliphatic carbocycles. The number of ether oxygens (including phenoxy) is 4. The number of carbonyl (C=O) groups is 2. The molecule has 0 bridgehead atoms. The van der Waals surface area contributed by atoms with Gasteiger partial charge in [-0.2, -0.15) is 0 Å². The summed E-state index contributed by atoms with van der Waals surface area (Å²) in [5, 5.41) is 5.80. The van der Waals surface area contributed by atoms with E-state index in [1.54, 1.807) is 13.2 Å². The van der Waals surface area contributed by atoms with Gasteiger partial charge in [-0.25, -0.2) is 4.79 Å². The van der Waals surface area contributed by atoms with E-state index < -0.39 is 12.2 Å². The number of methoxy groups -OCH3 is 2. The molecule has 2 fully saturated rings. The van der Waals surface area contributed by atoms with Gasteiger partial charge in [-0.3, -0.25) is 4.79 Å². The van der Waals surface area contributed by atoms with Crippen molar-refractivity contribution in [1.29, 1.82) is 0 Å². The van der Waals surface area contributed by atoms with Crippen LogP contribution in [0.3, 0.4) is 0 Å². The molecule has 1 saturated carbocycles. The Morgan fingerprint density at radius 3 is 2.67 bits per heavy atom. The second-order valence-corrected chi connectivity index (χ2v) is 7.42. The van der Waals surface area contributed by atoms with Crippen molar-refractivity contribution in [2.75, 3.05) is 47.1 Å². The van der Waals surface area contributed by atoms with E-state index in [0.29, 0.717) is 31.2 Å². The van der Waals surface area contributed by atoms with Crippen LogP contribution in [0.25, 0.3) is 0 Å². The van der Waals surface area contributed by atoms with E-state index >= 15 is 0 Å². The van der Waals surface area contributed by atoms with Gasteiger partial charge >= 0.3 is 6.09 Å². The van der Waals surface area contributed by atoms with Gasteiger partial charge in [0, 0.05) is 25.2 Å². The molecule has 1 aromatic rings. The number of benzene rings is 1. The fourth-order valence-corrected chi connectivity index (χ4v) is 3.52. The van der Waals surface area contributed by atoms with Crippen molar-refractivity contribution in [3.05, 3.63) is 23.8 Å². The zero-order valence-electron chi connectivity index (χ0n) is 17.8. The molecule has 9 heteroatoms. The minimum atomic E-state index is -0.503. The van der Waals surface area contributed by atoms with Gasteiger partial charge in [-0.05, 0) is 37.5 Å². The summed E-state index contributed by atoms with van der Waals surface area (Å²) in [4.78, 5) is 26.3. The first-order valence-corrected chi connectivity index (χ1v) is 10.3. The van der Waals surface area contributed by atoms with E-state index in [1.165, 1.54) is 7.11 Å². The molecular formula is C21H31N3O6. The summed E-state index contributed by atoms with van der Waals surface area (Å²) in [6, 6.07) is 5.70. The number of amides is 2. The summed E-state index contributed by atoms with van der Waals surface area (Å²) in [5.41, 5.74) is 0.925. The van der Waals surface area contributed by atoms with Gasteiger partial charge in [0.05, 0.1) is 33.4 Å². The van der Waals surface area contributed by atoms with Crippen LogP contribution in [0.5, 0.6) is 11.5 Å². The molecular weight excluding hydrogens is 390 g/mol. The Hall–Kier alpha value is -2.52. The third-order valence-corrected chi connectivity index (χ3v) is 5.26. The maximum atomic E-state index is 13.2. The maximum absolute atomic E-state index is 13.2. The number of hydrogen-bond donors (Lipinski definition) is 2. The molecule has 1 aliphatic heterocycles. The monoisotopic (exact) mass is 421 g/mol. The van der Waals surface area contributed by atoms with Crippen LogP contribution in [0.1, 0.15) is 31.4 Å². The molecule has 9 nitrogen and oxygen atoms in total. The lowest BCUT2D eigenvalue weighted by atomic mass is 10.0. The largest absolute Gasteiger partial charge is 0.497 e. The average molecular weight is 421 g/mol. The highest BCUT2D eigenvalue weighted by atomic mass is 16.5. The van der Waals surface area contributed by atoms with Crippen molar-refractivity contribution in [1.82, 2.24) is 15.5 Å².